The molecule has 1 heterocycles. The Balaban J connectivity index is 2.44. The summed E-state index contributed by atoms with van der Waals surface area (Å²) in [6, 6.07) is 2.89. The molecule has 0 unspecified atom stereocenters. The number of methoxy groups -OCH3 is 1. The zero-order chi connectivity index (χ0) is 26.7. The molecule has 0 radical (unpaired) electrons. The predicted molar refractivity (Wildman–Crippen MR) is 137 cm³/mol. The van der Waals surface area contributed by atoms with Crippen LogP contribution in [-0.2, 0) is 22.4 Å². The van der Waals surface area contributed by atoms with E-state index in [1.807, 2.05) is 13.8 Å². The van der Waals surface area contributed by atoms with Crippen LogP contribution in [0.15, 0.2) is 21.3 Å². The minimum Gasteiger partial charge on any atom is -0.507 e. The van der Waals surface area contributed by atoms with E-state index in [-0.39, 0.29) is 44.9 Å². The van der Waals surface area contributed by atoms with Crippen molar-refractivity contribution < 1.29 is 33.3 Å². The first-order chi connectivity index (χ1) is 16.9. The number of aromatic hydroxyl groups is 1. The molecular weight excluding hydrogens is 464 g/mol. The van der Waals surface area contributed by atoms with Crippen LogP contribution >= 0.6 is 0 Å². The second-order valence-corrected chi connectivity index (χ2v) is 9.82. The van der Waals surface area contributed by atoms with Crippen LogP contribution in [0.25, 0.3) is 21.9 Å². The van der Waals surface area contributed by atoms with Crippen LogP contribution in [0.3, 0.4) is 0 Å². The standard InChI is InChI=1S/C28H34O8/c1-14(2)8-10-18-20(34-16(5)29)12-22-25(26(18)31)27(32)24-19(11-9-15(3)4)28(33-7)23(35-17(6)30)13-21(24)36-22/h12-15,31H,8-11H2,1-7H3. The Bertz CT molecular complexity index is 1360. The van der Waals surface area contributed by atoms with Crippen LogP contribution in [0.1, 0.15) is 65.5 Å². The zero-order valence-corrected chi connectivity index (χ0v) is 21.9. The molecule has 0 saturated carbocycles. The summed E-state index contributed by atoms with van der Waals surface area (Å²) in [6.45, 7) is 10.7. The Kier molecular flexibility index (Phi) is 8.28. The number of phenolic OH excluding ortho intramolecular Hbond substituents is 1. The number of rotatable bonds is 9. The molecule has 0 amide bonds. The molecule has 0 saturated heterocycles. The maximum Gasteiger partial charge on any atom is 0.308 e. The van der Waals surface area contributed by atoms with Crippen LogP contribution < -0.4 is 19.6 Å². The minimum atomic E-state index is -0.555. The Morgan fingerprint density at radius 3 is 1.89 bits per heavy atom. The van der Waals surface area contributed by atoms with Crippen LogP contribution in [-0.4, -0.2) is 24.2 Å². The van der Waals surface area contributed by atoms with Gasteiger partial charge in [0.1, 0.15) is 28.1 Å². The number of esters is 2. The van der Waals surface area contributed by atoms with E-state index in [4.69, 9.17) is 18.6 Å². The van der Waals surface area contributed by atoms with Crippen molar-refractivity contribution >= 4 is 33.9 Å². The molecule has 0 bridgehead atoms. The summed E-state index contributed by atoms with van der Waals surface area (Å²) >= 11 is 0. The molecule has 8 nitrogen and oxygen atoms in total. The van der Waals surface area contributed by atoms with E-state index in [1.54, 1.807) is 0 Å². The fourth-order valence-electron chi connectivity index (χ4n) is 4.25. The summed E-state index contributed by atoms with van der Waals surface area (Å²) in [5, 5.41) is 11.5. The van der Waals surface area contributed by atoms with Crippen LogP contribution in [0.2, 0.25) is 0 Å². The van der Waals surface area contributed by atoms with E-state index >= 15 is 0 Å². The normalized spacial score (nSPS) is 11.5. The molecule has 3 rings (SSSR count). The van der Waals surface area contributed by atoms with Gasteiger partial charge in [0.2, 0.25) is 5.43 Å². The molecule has 8 heteroatoms. The third-order valence-corrected chi connectivity index (χ3v) is 5.97. The van der Waals surface area contributed by atoms with Gasteiger partial charge in [0, 0.05) is 37.1 Å². The third kappa shape index (κ3) is 5.64. The van der Waals surface area contributed by atoms with Gasteiger partial charge >= 0.3 is 11.9 Å². The second-order valence-electron chi connectivity index (χ2n) is 9.82. The lowest BCUT2D eigenvalue weighted by Gasteiger charge is -2.18. The van der Waals surface area contributed by atoms with Gasteiger partial charge in [0.25, 0.3) is 0 Å². The molecule has 36 heavy (non-hydrogen) atoms. The zero-order valence-electron chi connectivity index (χ0n) is 21.9. The van der Waals surface area contributed by atoms with Crippen LogP contribution in [0.5, 0.6) is 23.0 Å². The Hall–Kier alpha value is -3.55. The first-order valence-electron chi connectivity index (χ1n) is 12.2. The number of phenols is 1. The average Bonchev–Trinajstić information content (AvgIpc) is 2.75. The van der Waals surface area contributed by atoms with E-state index in [1.165, 1.54) is 33.1 Å². The van der Waals surface area contributed by atoms with Crippen LogP contribution in [0, 0.1) is 11.8 Å². The lowest BCUT2D eigenvalue weighted by Crippen LogP contribution is -2.12. The minimum absolute atomic E-state index is 0.00486. The Morgan fingerprint density at radius 1 is 0.861 bits per heavy atom. The Morgan fingerprint density at radius 2 is 1.36 bits per heavy atom. The number of ether oxygens (including phenoxy) is 3. The highest BCUT2D eigenvalue weighted by Gasteiger charge is 2.25. The van der Waals surface area contributed by atoms with Gasteiger partial charge in [0.15, 0.2) is 11.5 Å². The lowest BCUT2D eigenvalue weighted by molar-refractivity contribution is -0.132. The summed E-state index contributed by atoms with van der Waals surface area (Å²) in [5.74, 6) is -0.155. The number of fused-ring (bicyclic) bond motifs is 2. The van der Waals surface area contributed by atoms with Crippen molar-refractivity contribution in [2.75, 3.05) is 7.11 Å². The molecule has 3 aromatic rings. The highest BCUT2D eigenvalue weighted by Crippen LogP contribution is 2.42. The van der Waals surface area contributed by atoms with E-state index in [0.717, 1.165) is 6.42 Å². The number of hydrogen-bond donors (Lipinski definition) is 1. The number of aryl methyl sites for hydroxylation is 1. The van der Waals surface area contributed by atoms with Crippen molar-refractivity contribution in [1.82, 2.24) is 0 Å². The summed E-state index contributed by atoms with van der Waals surface area (Å²) in [6.07, 6.45) is 2.33. The molecule has 1 N–H and O–H groups in total. The number of carbonyl (C=O) groups is 2. The molecule has 0 aliphatic carbocycles. The van der Waals surface area contributed by atoms with Crippen LogP contribution in [0.4, 0.5) is 0 Å². The van der Waals surface area contributed by atoms with Crippen molar-refractivity contribution in [3.05, 3.63) is 33.5 Å². The van der Waals surface area contributed by atoms with Gasteiger partial charge in [-0.15, -0.1) is 0 Å². The molecule has 1 aromatic heterocycles. The predicted octanol–water partition coefficient (Wildman–Crippen LogP) is 5.69. The maximum atomic E-state index is 13.9. The molecule has 0 aliphatic heterocycles. The van der Waals surface area contributed by atoms with Gasteiger partial charge in [-0.1, -0.05) is 27.7 Å². The van der Waals surface area contributed by atoms with Crippen molar-refractivity contribution in [1.29, 1.82) is 0 Å². The summed E-state index contributed by atoms with van der Waals surface area (Å²) in [7, 11) is 1.45. The van der Waals surface area contributed by atoms with E-state index in [2.05, 4.69) is 13.8 Å². The number of benzene rings is 2. The first-order valence-corrected chi connectivity index (χ1v) is 12.2. The molecule has 0 atom stereocenters. The number of hydrogen-bond acceptors (Lipinski definition) is 8. The molecule has 194 valence electrons. The highest BCUT2D eigenvalue weighted by atomic mass is 16.6. The monoisotopic (exact) mass is 498 g/mol. The molecule has 0 fully saturated rings. The van der Waals surface area contributed by atoms with E-state index in [9.17, 15) is 19.5 Å². The maximum absolute atomic E-state index is 13.9. The Labute approximate surface area is 210 Å². The highest BCUT2D eigenvalue weighted by molar-refractivity contribution is 5.98. The van der Waals surface area contributed by atoms with Crippen molar-refractivity contribution in [3.8, 4) is 23.0 Å². The smallest absolute Gasteiger partial charge is 0.308 e. The van der Waals surface area contributed by atoms with Gasteiger partial charge < -0.3 is 23.7 Å². The van der Waals surface area contributed by atoms with Gasteiger partial charge in [-0.3, -0.25) is 14.4 Å². The second kappa shape index (κ2) is 11.0. The van der Waals surface area contributed by atoms with E-state index < -0.39 is 17.4 Å². The lowest BCUT2D eigenvalue weighted by atomic mass is 9.95. The molecule has 0 spiro atoms. The van der Waals surface area contributed by atoms with Crippen molar-refractivity contribution in [3.63, 3.8) is 0 Å². The molecule has 0 aliphatic rings. The molecule has 2 aromatic carbocycles. The SMILES string of the molecule is COc1c(OC(C)=O)cc2oc3cc(OC(C)=O)c(CCC(C)C)c(O)c3c(=O)c2c1CCC(C)C. The summed E-state index contributed by atoms with van der Waals surface area (Å²) < 4.78 is 22.4. The topological polar surface area (TPSA) is 112 Å². The number of carbonyl (C=O) groups excluding carboxylic acids is 2. The summed E-state index contributed by atoms with van der Waals surface area (Å²) in [4.78, 5) is 37.4. The first kappa shape index (κ1) is 27.0. The quantitative estimate of drug-likeness (QED) is 0.228. The molecular formula is C28H34O8. The van der Waals surface area contributed by atoms with Gasteiger partial charge in [0.05, 0.1) is 12.5 Å². The van der Waals surface area contributed by atoms with Crippen molar-refractivity contribution in [2.24, 2.45) is 11.8 Å². The fourth-order valence-corrected chi connectivity index (χ4v) is 4.25. The van der Waals surface area contributed by atoms with Gasteiger partial charge in [-0.2, -0.15) is 0 Å². The average molecular weight is 499 g/mol. The fraction of sp³-hybridized carbons (Fsp3) is 0.464. The van der Waals surface area contributed by atoms with Gasteiger partial charge in [-0.25, -0.2) is 0 Å². The van der Waals surface area contributed by atoms with Crippen molar-refractivity contribution in [2.45, 2.75) is 67.2 Å². The van der Waals surface area contributed by atoms with Gasteiger partial charge in [-0.05, 0) is 37.5 Å². The third-order valence-electron chi connectivity index (χ3n) is 5.97. The largest absolute Gasteiger partial charge is 0.507 e. The summed E-state index contributed by atoms with van der Waals surface area (Å²) in [5.41, 5.74) is 0.720. The van der Waals surface area contributed by atoms with E-state index in [0.29, 0.717) is 42.2 Å².